The first kappa shape index (κ1) is 16.8. The number of carboxylic acid groups (broad SMARTS) is 1. The van der Waals surface area contributed by atoms with Crippen molar-refractivity contribution in [3.63, 3.8) is 0 Å². The van der Waals surface area contributed by atoms with E-state index in [-0.39, 0.29) is 6.42 Å². The Labute approximate surface area is 111 Å². The van der Waals surface area contributed by atoms with Crippen LogP contribution < -0.4 is 10.6 Å². The van der Waals surface area contributed by atoms with Gasteiger partial charge in [-0.2, -0.15) is 11.8 Å². The van der Waals surface area contributed by atoms with Crippen molar-refractivity contribution in [3.8, 4) is 0 Å². The van der Waals surface area contributed by atoms with Gasteiger partial charge in [-0.3, -0.25) is 14.9 Å². The maximum atomic E-state index is 11.4. The summed E-state index contributed by atoms with van der Waals surface area (Å²) in [7, 11) is 0. The molecule has 0 bridgehead atoms. The normalized spacial score (nSPS) is 10.8. The fraction of sp³-hybridized carbons (Fsp3) is 0.727. The Bertz CT molecular complexity index is 318. The molecule has 0 aliphatic heterocycles. The van der Waals surface area contributed by atoms with Crippen LogP contribution in [0.5, 0.6) is 0 Å². The fourth-order valence-electron chi connectivity index (χ4n) is 1.11. The van der Waals surface area contributed by atoms with E-state index in [9.17, 15) is 14.4 Å². The number of amides is 3. The molecule has 0 heterocycles. The second kappa shape index (κ2) is 7.97. The van der Waals surface area contributed by atoms with Crippen molar-refractivity contribution >= 4 is 29.7 Å². The Morgan fingerprint density at radius 3 is 2.39 bits per heavy atom. The number of carbonyl (C=O) groups excluding carboxylic acids is 2. The van der Waals surface area contributed by atoms with Crippen LogP contribution >= 0.6 is 11.8 Å². The van der Waals surface area contributed by atoms with E-state index in [1.807, 2.05) is 6.26 Å². The Morgan fingerprint density at radius 2 is 1.89 bits per heavy atom. The number of thioether (sulfide) groups is 1. The third-order valence-electron chi connectivity index (χ3n) is 2.25. The van der Waals surface area contributed by atoms with Crippen molar-refractivity contribution in [1.29, 1.82) is 0 Å². The molecule has 18 heavy (non-hydrogen) atoms. The summed E-state index contributed by atoms with van der Waals surface area (Å²) in [5.74, 6) is -0.733. The van der Waals surface area contributed by atoms with Crippen LogP contribution in [0.4, 0.5) is 4.79 Å². The van der Waals surface area contributed by atoms with Gasteiger partial charge in [-0.05, 0) is 32.3 Å². The number of carboxylic acids is 1. The van der Waals surface area contributed by atoms with Gasteiger partial charge in [0, 0.05) is 13.0 Å². The summed E-state index contributed by atoms with van der Waals surface area (Å²) in [4.78, 5) is 33.5. The average Bonchev–Trinajstić information content (AvgIpc) is 2.23. The second-order valence-corrected chi connectivity index (χ2v) is 5.50. The molecule has 6 nitrogen and oxygen atoms in total. The minimum absolute atomic E-state index is 0.236. The molecule has 7 heteroatoms. The molecule has 0 aromatic heterocycles. The number of imide groups is 1. The van der Waals surface area contributed by atoms with Crippen molar-refractivity contribution in [2.45, 2.75) is 26.7 Å². The zero-order valence-electron chi connectivity index (χ0n) is 10.9. The molecular weight excluding hydrogens is 256 g/mol. The molecular formula is C11H20N2O4S. The Morgan fingerprint density at radius 1 is 1.28 bits per heavy atom. The largest absolute Gasteiger partial charge is 0.481 e. The number of hydrogen-bond donors (Lipinski definition) is 3. The van der Waals surface area contributed by atoms with Crippen LogP contribution in [0.15, 0.2) is 0 Å². The summed E-state index contributed by atoms with van der Waals surface area (Å²) < 4.78 is 0. The van der Waals surface area contributed by atoms with E-state index in [0.29, 0.717) is 6.54 Å². The van der Waals surface area contributed by atoms with E-state index in [1.54, 1.807) is 11.8 Å². The van der Waals surface area contributed by atoms with Crippen molar-refractivity contribution in [2.24, 2.45) is 5.41 Å². The van der Waals surface area contributed by atoms with E-state index >= 15 is 0 Å². The minimum atomic E-state index is -1.18. The van der Waals surface area contributed by atoms with Crippen LogP contribution in [0.1, 0.15) is 26.7 Å². The van der Waals surface area contributed by atoms with Crippen molar-refractivity contribution < 1.29 is 19.5 Å². The molecule has 0 unspecified atom stereocenters. The summed E-state index contributed by atoms with van der Waals surface area (Å²) in [6.45, 7) is 3.36. The lowest BCUT2D eigenvalue weighted by molar-refractivity contribution is -0.149. The molecule has 3 amide bonds. The molecule has 0 spiro atoms. The predicted octanol–water partition coefficient (Wildman–Crippen LogP) is 1.07. The first-order valence-corrected chi connectivity index (χ1v) is 6.99. The van der Waals surface area contributed by atoms with Crippen molar-refractivity contribution in [3.05, 3.63) is 0 Å². The number of urea groups is 1. The number of aliphatic carboxylic acids is 1. The summed E-state index contributed by atoms with van der Waals surface area (Å²) in [6.07, 6.45) is 2.56. The summed E-state index contributed by atoms with van der Waals surface area (Å²) in [6, 6.07) is -0.581. The van der Waals surface area contributed by atoms with Gasteiger partial charge in [0.25, 0.3) is 0 Å². The number of hydrogen-bond acceptors (Lipinski definition) is 4. The SMILES string of the molecule is CSCCCNC(=O)NC(=O)CC(C)(C)C(=O)O. The van der Waals surface area contributed by atoms with Gasteiger partial charge in [0.2, 0.25) is 5.91 Å². The van der Waals surface area contributed by atoms with E-state index in [1.165, 1.54) is 13.8 Å². The van der Waals surface area contributed by atoms with Crippen LogP contribution in [0.2, 0.25) is 0 Å². The topological polar surface area (TPSA) is 95.5 Å². The molecule has 104 valence electrons. The molecule has 3 N–H and O–H groups in total. The van der Waals surface area contributed by atoms with E-state index in [4.69, 9.17) is 5.11 Å². The molecule has 0 aromatic rings. The van der Waals surface area contributed by atoms with Crippen LogP contribution in [0.25, 0.3) is 0 Å². The highest BCUT2D eigenvalue weighted by molar-refractivity contribution is 7.98. The Balaban J connectivity index is 3.94. The predicted molar refractivity (Wildman–Crippen MR) is 70.6 cm³/mol. The highest BCUT2D eigenvalue weighted by atomic mass is 32.2. The molecule has 0 aromatic carbocycles. The van der Waals surface area contributed by atoms with Crippen LogP contribution in [0, 0.1) is 5.41 Å². The number of nitrogens with one attached hydrogen (secondary N) is 2. The Hall–Kier alpha value is -1.24. The highest BCUT2D eigenvalue weighted by Gasteiger charge is 2.30. The van der Waals surface area contributed by atoms with E-state index < -0.39 is 23.3 Å². The zero-order valence-corrected chi connectivity index (χ0v) is 11.7. The lowest BCUT2D eigenvalue weighted by atomic mass is 9.89. The lowest BCUT2D eigenvalue weighted by Gasteiger charge is -2.17. The van der Waals surface area contributed by atoms with Crippen LogP contribution in [-0.4, -0.2) is 41.6 Å². The monoisotopic (exact) mass is 276 g/mol. The van der Waals surface area contributed by atoms with Gasteiger partial charge in [0.1, 0.15) is 0 Å². The molecule has 0 rings (SSSR count). The number of rotatable bonds is 7. The van der Waals surface area contributed by atoms with Gasteiger partial charge in [0.15, 0.2) is 0 Å². The quantitative estimate of drug-likeness (QED) is 0.604. The van der Waals surface area contributed by atoms with Crippen molar-refractivity contribution in [2.75, 3.05) is 18.6 Å². The molecule has 0 fully saturated rings. The summed E-state index contributed by atoms with van der Waals surface area (Å²) in [5, 5.41) is 13.5. The fourth-order valence-corrected chi connectivity index (χ4v) is 1.54. The van der Waals surface area contributed by atoms with Gasteiger partial charge < -0.3 is 10.4 Å². The second-order valence-electron chi connectivity index (χ2n) is 4.52. The number of carbonyl (C=O) groups is 3. The molecule has 0 radical (unpaired) electrons. The average molecular weight is 276 g/mol. The van der Waals surface area contributed by atoms with E-state index in [2.05, 4.69) is 10.6 Å². The third-order valence-corrected chi connectivity index (χ3v) is 2.94. The third kappa shape index (κ3) is 7.16. The van der Waals surface area contributed by atoms with E-state index in [0.717, 1.165) is 12.2 Å². The maximum absolute atomic E-state index is 11.4. The summed E-state index contributed by atoms with van der Waals surface area (Å²) >= 11 is 1.67. The highest BCUT2D eigenvalue weighted by Crippen LogP contribution is 2.19. The maximum Gasteiger partial charge on any atom is 0.321 e. The van der Waals surface area contributed by atoms with Gasteiger partial charge in [-0.15, -0.1) is 0 Å². The molecule has 0 saturated carbocycles. The van der Waals surface area contributed by atoms with Gasteiger partial charge in [0.05, 0.1) is 5.41 Å². The zero-order chi connectivity index (χ0) is 14.2. The first-order valence-electron chi connectivity index (χ1n) is 5.59. The Kier molecular flexibility index (Phi) is 7.42. The smallest absolute Gasteiger partial charge is 0.321 e. The lowest BCUT2D eigenvalue weighted by Crippen LogP contribution is -2.42. The summed E-state index contributed by atoms with van der Waals surface area (Å²) in [5.41, 5.74) is -1.18. The van der Waals surface area contributed by atoms with Crippen LogP contribution in [0.3, 0.4) is 0 Å². The first-order chi connectivity index (χ1) is 8.29. The molecule has 0 aliphatic rings. The molecule has 0 atom stereocenters. The van der Waals surface area contributed by atoms with Crippen LogP contribution in [-0.2, 0) is 9.59 Å². The van der Waals surface area contributed by atoms with Gasteiger partial charge >= 0.3 is 12.0 Å². The standard InChI is InChI=1S/C11H20N2O4S/c1-11(2,9(15)16)7-8(14)13-10(17)12-5-4-6-18-3/h4-7H2,1-3H3,(H,15,16)(H2,12,13,14,17). The van der Waals surface area contributed by atoms with Crippen molar-refractivity contribution in [1.82, 2.24) is 10.6 Å². The molecule has 0 aliphatic carbocycles. The van der Waals surface area contributed by atoms with Gasteiger partial charge in [-0.1, -0.05) is 0 Å². The molecule has 0 saturated heterocycles. The minimum Gasteiger partial charge on any atom is -0.481 e. The van der Waals surface area contributed by atoms with Gasteiger partial charge in [-0.25, -0.2) is 4.79 Å².